The van der Waals surface area contributed by atoms with Crippen molar-refractivity contribution in [3.8, 4) is 0 Å². The van der Waals surface area contributed by atoms with Crippen molar-refractivity contribution in [2.45, 2.75) is 25.3 Å². The zero-order valence-electron chi connectivity index (χ0n) is 6.98. The van der Waals surface area contributed by atoms with Gasteiger partial charge in [0.2, 0.25) is 0 Å². The van der Waals surface area contributed by atoms with Crippen LogP contribution in [-0.2, 0) is 0 Å². The lowest BCUT2D eigenvalue weighted by atomic mass is 10.0. The normalized spacial score (nSPS) is 23.8. The molecule has 0 amide bonds. The summed E-state index contributed by atoms with van der Waals surface area (Å²) in [5, 5.41) is 4.47. The Balaban J connectivity index is 2.08. The van der Waals surface area contributed by atoms with Crippen molar-refractivity contribution in [1.29, 1.82) is 0 Å². The number of nitrogens with zero attached hydrogens (tertiary/aromatic N) is 3. The Morgan fingerprint density at radius 2 is 2.00 bits per heavy atom. The highest BCUT2D eigenvalue weighted by Gasteiger charge is 2.17. The number of aromatic nitrogens is 2. The Kier molecular flexibility index (Phi) is 2.32. The first kappa shape index (κ1) is 7.68. The molecule has 0 N–H and O–H groups in total. The van der Waals surface area contributed by atoms with Gasteiger partial charge in [0.15, 0.2) is 0 Å². The summed E-state index contributed by atoms with van der Waals surface area (Å²) in [5.74, 6) is 0.886. The van der Waals surface area contributed by atoms with Crippen LogP contribution in [0.5, 0.6) is 0 Å². The van der Waals surface area contributed by atoms with Gasteiger partial charge >= 0.3 is 0 Å². The molecule has 63 valence electrons. The van der Waals surface area contributed by atoms with Crippen molar-refractivity contribution in [2.24, 2.45) is 0 Å². The van der Waals surface area contributed by atoms with Gasteiger partial charge in [0.1, 0.15) is 5.82 Å². The molecular weight excluding hydrogens is 150 g/mol. The molecule has 0 aromatic carbocycles. The highest BCUT2D eigenvalue weighted by atomic mass is 15.0. The Bertz CT molecular complexity index is 229. The summed E-state index contributed by atoms with van der Waals surface area (Å²) < 4.78 is 0. The van der Waals surface area contributed by atoms with Crippen LogP contribution in [0, 0.1) is 0 Å². The fraction of sp³-hybridized carbons (Fsp3) is 0.556. The van der Waals surface area contributed by atoms with Crippen LogP contribution in [0.3, 0.4) is 0 Å². The van der Waals surface area contributed by atoms with E-state index in [-0.39, 0.29) is 6.04 Å². The molecule has 0 aliphatic carbocycles. The summed E-state index contributed by atoms with van der Waals surface area (Å²) in [7, 11) is 0. The minimum Gasteiger partial charge on any atom is -0.240 e. The van der Waals surface area contributed by atoms with Crippen LogP contribution in [0.15, 0.2) is 18.5 Å². The number of hydrogen-bond acceptors (Lipinski definition) is 2. The molecule has 3 nitrogen and oxygen atoms in total. The van der Waals surface area contributed by atoms with Crippen molar-refractivity contribution < 1.29 is 0 Å². The Morgan fingerprint density at radius 3 is 2.67 bits per heavy atom. The molecule has 1 saturated heterocycles. The third-order valence-electron chi connectivity index (χ3n) is 2.12. The molecule has 1 radical (unpaired) electrons. The van der Waals surface area contributed by atoms with Gasteiger partial charge in [-0.2, -0.15) is 0 Å². The second-order valence-corrected chi connectivity index (χ2v) is 3.02. The van der Waals surface area contributed by atoms with E-state index in [0.717, 1.165) is 18.8 Å². The van der Waals surface area contributed by atoms with Crippen LogP contribution >= 0.6 is 0 Å². The van der Waals surface area contributed by atoms with Crippen LogP contribution in [0.4, 0.5) is 0 Å². The Hall–Kier alpha value is -0.960. The minimum atomic E-state index is 0.264. The second kappa shape index (κ2) is 3.63. The summed E-state index contributed by atoms with van der Waals surface area (Å²) in [4.78, 5) is 8.40. The lowest BCUT2D eigenvalue weighted by molar-refractivity contribution is 0.389. The topological polar surface area (TPSA) is 39.9 Å². The molecule has 1 fully saturated rings. The van der Waals surface area contributed by atoms with Crippen molar-refractivity contribution in [1.82, 2.24) is 15.3 Å². The fourth-order valence-corrected chi connectivity index (χ4v) is 1.48. The highest BCUT2D eigenvalue weighted by Crippen LogP contribution is 2.20. The molecule has 1 unspecified atom stereocenters. The molecule has 0 bridgehead atoms. The molecule has 2 rings (SSSR count). The van der Waals surface area contributed by atoms with Crippen molar-refractivity contribution >= 4 is 0 Å². The average molecular weight is 162 g/mol. The van der Waals surface area contributed by atoms with Gasteiger partial charge in [0.25, 0.3) is 0 Å². The number of piperidine rings is 1. The molecule has 1 aliphatic heterocycles. The van der Waals surface area contributed by atoms with Crippen LogP contribution in [-0.4, -0.2) is 16.5 Å². The van der Waals surface area contributed by atoms with Gasteiger partial charge in [-0.25, -0.2) is 15.3 Å². The third-order valence-corrected chi connectivity index (χ3v) is 2.12. The summed E-state index contributed by atoms with van der Waals surface area (Å²) in [5.41, 5.74) is 0. The van der Waals surface area contributed by atoms with Gasteiger partial charge in [-0.05, 0) is 18.9 Å². The molecule has 1 atom stereocenters. The number of rotatable bonds is 1. The maximum absolute atomic E-state index is 4.47. The summed E-state index contributed by atoms with van der Waals surface area (Å²) in [6.07, 6.45) is 7.17. The number of hydrogen-bond donors (Lipinski definition) is 0. The quantitative estimate of drug-likeness (QED) is 0.624. The molecular formula is C9H12N3. The third kappa shape index (κ3) is 1.61. The molecule has 1 aromatic rings. The second-order valence-electron chi connectivity index (χ2n) is 3.02. The smallest absolute Gasteiger partial charge is 0.146 e. The molecule has 1 aromatic heterocycles. The molecule has 3 heteroatoms. The van der Waals surface area contributed by atoms with E-state index in [0.29, 0.717) is 0 Å². The van der Waals surface area contributed by atoms with Crippen molar-refractivity contribution in [3.05, 3.63) is 24.3 Å². The van der Waals surface area contributed by atoms with Gasteiger partial charge in [0, 0.05) is 18.9 Å². The maximum Gasteiger partial charge on any atom is 0.146 e. The highest BCUT2D eigenvalue weighted by molar-refractivity contribution is 4.96. The minimum absolute atomic E-state index is 0.264. The zero-order chi connectivity index (χ0) is 8.23. The van der Waals surface area contributed by atoms with Crippen LogP contribution in [0.1, 0.15) is 31.1 Å². The van der Waals surface area contributed by atoms with E-state index in [9.17, 15) is 0 Å². The van der Waals surface area contributed by atoms with E-state index in [4.69, 9.17) is 0 Å². The lowest BCUT2D eigenvalue weighted by Gasteiger charge is -2.19. The van der Waals surface area contributed by atoms with E-state index in [1.54, 1.807) is 12.4 Å². The lowest BCUT2D eigenvalue weighted by Crippen LogP contribution is -2.21. The van der Waals surface area contributed by atoms with Gasteiger partial charge in [-0.3, -0.25) is 0 Å². The SMILES string of the molecule is c1cnc(C2CCCC[N]2)nc1. The monoisotopic (exact) mass is 162 g/mol. The standard InChI is InChI=1S/C9H12N3/c1-2-5-10-8(4-1)9-11-6-3-7-12-9/h3,6-8H,1-2,4-5H2. The molecule has 0 spiro atoms. The Morgan fingerprint density at radius 1 is 1.17 bits per heavy atom. The predicted molar refractivity (Wildman–Crippen MR) is 45.6 cm³/mol. The van der Waals surface area contributed by atoms with Gasteiger partial charge in [-0.1, -0.05) is 6.42 Å². The summed E-state index contributed by atoms with van der Waals surface area (Å²) in [6.45, 7) is 0.975. The van der Waals surface area contributed by atoms with Gasteiger partial charge < -0.3 is 0 Å². The summed E-state index contributed by atoms with van der Waals surface area (Å²) in [6, 6.07) is 2.10. The van der Waals surface area contributed by atoms with E-state index in [1.165, 1.54) is 12.8 Å². The molecule has 1 aliphatic rings. The summed E-state index contributed by atoms with van der Waals surface area (Å²) >= 11 is 0. The Labute approximate surface area is 72.2 Å². The van der Waals surface area contributed by atoms with E-state index in [2.05, 4.69) is 15.3 Å². The van der Waals surface area contributed by atoms with Crippen LogP contribution in [0.2, 0.25) is 0 Å². The largest absolute Gasteiger partial charge is 0.240 e. The van der Waals surface area contributed by atoms with Crippen LogP contribution in [0.25, 0.3) is 0 Å². The predicted octanol–water partition coefficient (Wildman–Crippen LogP) is 1.31. The maximum atomic E-state index is 4.47. The van der Waals surface area contributed by atoms with Crippen LogP contribution < -0.4 is 5.32 Å². The van der Waals surface area contributed by atoms with Gasteiger partial charge in [0.05, 0.1) is 6.04 Å². The van der Waals surface area contributed by atoms with Crippen molar-refractivity contribution in [3.63, 3.8) is 0 Å². The zero-order valence-corrected chi connectivity index (χ0v) is 6.98. The molecule has 2 heterocycles. The average Bonchev–Trinajstić information content (AvgIpc) is 2.21. The molecule has 12 heavy (non-hydrogen) atoms. The van der Waals surface area contributed by atoms with Crippen molar-refractivity contribution in [2.75, 3.05) is 6.54 Å². The first-order valence-corrected chi connectivity index (χ1v) is 4.40. The molecule has 0 saturated carbocycles. The first-order chi connectivity index (χ1) is 5.97. The van der Waals surface area contributed by atoms with E-state index in [1.807, 2.05) is 6.07 Å². The van der Waals surface area contributed by atoms with E-state index < -0.39 is 0 Å². The van der Waals surface area contributed by atoms with Gasteiger partial charge in [-0.15, -0.1) is 0 Å². The fourth-order valence-electron chi connectivity index (χ4n) is 1.48. The van der Waals surface area contributed by atoms with E-state index >= 15 is 0 Å². The first-order valence-electron chi connectivity index (χ1n) is 4.40.